The number of halogens is 1. The van der Waals surface area contributed by atoms with Gasteiger partial charge in [0.25, 0.3) is 5.91 Å². The van der Waals surface area contributed by atoms with Gasteiger partial charge in [-0.25, -0.2) is 4.98 Å². The lowest BCUT2D eigenvalue weighted by molar-refractivity contribution is 0.0265. The van der Waals surface area contributed by atoms with Crippen molar-refractivity contribution in [3.8, 4) is 0 Å². The van der Waals surface area contributed by atoms with Crippen LogP contribution in [0.4, 0.5) is 0 Å². The maximum absolute atomic E-state index is 12.4. The Balaban J connectivity index is 2.03. The number of carbonyl (C=O) groups is 1. The average molecular weight is 297 g/mol. The molecule has 1 amide bonds. The number of hydrogen-bond acceptors (Lipinski definition) is 3. The highest BCUT2D eigenvalue weighted by Crippen LogP contribution is 2.28. The molecule has 0 radical (unpaired) electrons. The molecule has 1 aromatic rings. The molecule has 1 heterocycles. The highest BCUT2D eigenvalue weighted by atomic mass is 35.5. The van der Waals surface area contributed by atoms with E-state index in [0.29, 0.717) is 23.2 Å². The average Bonchev–Trinajstić information content (AvgIpc) is 2.35. The second kappa shape index (κ2) is 6.55. The lowest BCUT2D eigenvalue weighted by Crippen LogP contribution is -2.39. The Bertz CT molecular complexity index is 487. The van der Waals surface area contributed by atoms with E-state index >= 15 is 0 Å². The molecule has 0 saturated heterocycles. The number of aliphatic hydroxyl groups is 1. The Labute approximate surface area is 124 Å². The Morgan fingerprint density at radius 1 is 1.50 bits per heavy atom. The van der Waals surface area contributed by atoms with Gasteiger partial charge >= 0.3 is 0 Å². The van der Waals surface area contributed by atoms with Gasteiger partial charge in [-0.1, -0.05) is 24.9 Å². The summed E-state index contributed by atoms with van der Waals surface area (Å²) in [6.07, 6.45) is 3.18. The number of aliphatic hydroxyl groups excluding tert-OH is 1. The number of amides is 1. The van der Waals surface area contributed by atoms with Gasteiger partial charge in [0, 0.05) is 24.8 Å². The molecule has 0 unspecified atom stereocenters. The van der Waals surface area contributed by atoms with E-state index in [4.69, 9.17) is 11.6 Å². The fourth-order valence-electron chi connectivity index (χ4n) is 2.60. The van der Waals surface area contributed by atoms with Crippen molar-refractivity contribution in [2.24, 2.45) is 5.92 Å². The van der Waals surface area contributed by atoms with Crippen LogP contribution in [0.15, 0.2) is 12.1 Å². The third kappa shape index (κ3) is 3.70. The fourth-order valence-corrected chi connectivity index (χ4v) is 2.83. The van der Waals surface area contributed by atoms with E-state index < -0.39 is 0 Å². The Morgan fingerprint density at radius 2 is 2.20 bits per heavy atom. The van der Waals surface area contributed by atoms with Crippen LogP contribution in [0.3, 0.4) is 0 Å². The minimum atomic E-state index is -0.185. The standard InChI is InChI=1S/C15H21ClN2O2/c1-3-4-12-7-11(8-14(16)17-12)15(20)18(2)9-10-5-13(19)6-10/h7-8,10,13,19H,3-6,9H2,1-2H3. The SMILES string of the molecule is CCCc1cc(C(=O)N(C)CC2CC(O)C2)cc(Cl)n1. The first-order chi connectivity index (χ1) is 9.49. The number of rotatable bonds is 5. The highest BCUT2D eigenvalue weighted by molar-refractivity contribution is 6.29. The summed E-state index contributed by atoms with van der Waals surface area (Å²) in [4.78, 5) is 18.3. The monoisotopic (exact) mass is 296 g/mol. The second-order valence-corrected chi connectivity index (χ2v) is 5.98. The van der Waals surface area contributed by atoms with Crippen LogP contribution in [-0.4, -0.2) is 40.6 Å². The zero-order valence-corrected chi connectivity index (χ0v) is 12.7. The summed E-state index contributed by atoms with van der Waals surface area (Å²) in [5.41, 5.74) is 1.45. The van der Waals surface area contributed by atoms with Gasteiger partial charge < -0.3 is 10.0 Å². The molecule has 4 nitrogen and oxygen atoms in total. The molecule has 1 fully saturated rings. The third-order valence-corrected chi connectivity index (χ3v) is 3.88. The summed E-state index contributed by atoms with van der Waals surface area (Å²) in [6, 6.07) is 3.44. The molecule has 1 aliphatic rings. The molecule has 2 rings (SSSR count). The van der Waals surface area contributed by atoms with Crippen LogP contribution in [0.2, 0.25) is 5.15 Å². The summed E-state index contributed by atoms with van der Waals surface area (Å²) >= 11 is 5.98. The first-order valence-corrected chi connectivity index (χ1v) is 7.47. The quantitative estimate of drug-likeness (QED) is 0.850. The molecule has 0 atom stereocenters. The van der Waals surface area contributed by atoms with Gasteiger partial charge in [-0.3, -0.25) is 4.79 Å². The molecule has 0 bridgehead atoms. The van der Waals surface area contributed by atoms with Crippen LogP contribution in [0.25, 0.3) is 0 Å². The first-order valence-electron chi connectivity index (χ1n) is 7.09. The van der Waals surface area contributed by atoms with Crippen molar-refractivity contribution >= 4 is 17.5 Å². The smallest absolute Gasteiger partial charge is 0.253 e. The Hall–Kier alpha value is -1.13. The van der Waals surface area contributed by atoms with Gasteiger partial charge in [0.1, 0.15) is 5.15 Å². The molecule has 1 saturated carbocycles. The molecule has 1 N–H and O–H groups in total. The molecule has 110 valence electrons. The lowest BCUT2D eigenvalue weighted by atomic mass is 9.82. The lowest BCUT2D eigenvalue weighted by Gasteiger charge is -2.34. The van der Waals surface area contributed by atoms with Crippen molar-refractivity contribution in [1.29, 1.82) is 0 Å². The summed E-state index contributed by atoms with van der Waals surface area (Å²) in [7, 11) is 1.79. The molecular formula is C15H21ClN2O2. The van der Waals surface area contributed by atoms with Crippen molar-refractivity contribution in [3.05, 3.63) is 28.5 Å². The summed E-state index contributed by atoms with van der Waals surface area (Å²) in [6.45, 7) is 2.75. The molecule has 20 heavy (non-hydrogen) atoms. The molecule has 0 aliphatic heterocycles. The van der Waals surface area contributed by atoms with Gasteiger partial charge in [-0.15, -0.1) is 0 Å². The fraction of sp³-hybridized carbons (Fsp3) is 0.600. The Morgan fingerprint density at radius 3 is 2.80 bits per heavy atom. The number of pyridine rings is 1. The number of nitrogens with zero attached hydrogens (tertiary/aromatic N) is 2. The van der Waals surface area contributed by atoms with E-state index in [0.717, 1.165) is 31.4 Å². The minimum absolute atomic E-state index is 0.0342. The number of aryl methyl sites for hydroxylation is 1. The van der Waals surface area contributed by atoms with E-state index in [-0.39, 0.29) is 12.0 Å². The summed E-state index contributed by atoms with van der Waals surface area (Å²) in [5, 5.41) is 9.66. The van der Waals surface area contributed by atoms with E-state index in [1.807, 2.05) is 6.07 Å². The predicted molar refractivity (Wildman–Crippen MR) is 78.9 cm³/mol. The largest absolute Gasteiger partial charge is 0.393 e. The highest BCUT2D eigenvalue weighted by Gasteiger charge is 2.29. The minimum Gasteiger partial charge on any atom is -0.393 e. The molecular weight excluding hydrogens is 276 g/mol. The molecule has 5 heteroatoms. The van der Waals surface area contributed by atoms with Crippen LogP contribution in [0.5, 0.6) is 0 Å². The van der Waals surface area contributed by atoms with Crippen LogP contribution < -0.4 is 0 Å². The van der Waals surface area contributed by atoms with E-state index in [1.54, 1.807) is 18.0 Å². The molecule has 0 spiro atoms. The van der Waals surface area contributed by atoms with Crippen LogP contribution in [-0.2, 0) is 6.42 Å². The van der Waals surface area contributed by atoms with Gasteiger partial charge in [-0.05, 0) is 37.3 Å². The summed E-state index contributed by atoms with van der Waals surface area (Å²) in [5.74, 6) is 0.374. The van der Waals surface area contributed by atoms with Crippen LogP contribution in [0, 0.1) is 5.92 Å². The van der Waals surface area contributed by atoms with Gasteiger partial charge in [-0.2, -0.15) is 0 Å². The van der Waals surface area contributed by atoms with Crippen molar-refractivity contribution in [2.45, 2.75) is 38.7 Å². The summed E-state index contributed by atoms with van der Waals surface area (Å²) < 4.78 is 0. The van der Waals surface area contributed by atoms with Gasteiger partial charge in [0.2, 0.25) is 0 Å². The zero-order valence-electron chi connectivity index (χ0n) is 12.0. The van der Waals surface area contributed by atoms with Crippen molar-refractivity contribution in [1.82, 2.24) is 9.88 Å². The van der Waals surface area contributed by atoms with E-state index in [9.17, 15) is 9.90 Å². The molecule has 0 aromatic carbocycles. The van der Waals surface area contributed by atoms with Crippen molar-refractivity contribution in [3.63, 3.8) is 0 Å². The topological polar surface area (TPSA) is 53.4 Å². The number of aromatic nitrogens is 1. The predicted octanol–water partition coefficient (Wildman–Crippen LogP) is 2.53. The first kappa shape index (κ1) is 15.3. The normalized spacial score (nSPS) is 21.4. The van der Waals surface area contributed by atoms with Crippen LogP contribution >= 0.6 is 11.6 Å². The van der Waals surface area contributed by atoms with E-state index in [2.05, 4.69) is 11.9 Å². The van der Waals surface area contributed by atoms with Crippen molar-refractivity contribution < 1.29 is 9.90 Å². The van der Waals surface area contributed by atoms with Crippen LogP contribution in [0.1, 0.15) is 42.2 Å². The van der Waals surface area contributed by atoms with Gasteiger partial charge in [0.05, 0.1) is 6.10 Å². The zero-order chi connectivity index (χ0) is 14.7. The number of carbonyl (C=O) groups excluding carboxylic acids is 1. The Kier molecular flexibility index (Phi) is 5.00. The second-order valence-electron chi connectivity index (χ2n) is 5.60. The van der Waals surface area contributed by atoms with E-state index in [1.165, 1.54) is 0 Å². The third-order valence-electron chi connectivity index (χ3n) is 3.69. The van der Waals surface area contributed by atoms with Gasteiger partial charge in [0.15, 0.2) is 0 Å². The number of hydrogen-bond donors (Lipinski definition) is 1. The maximum Gasteiger partial charge on any atom is 0.253 e. The molecule has 1 aliphatic carbocycles. The van der Waals surface area contributed by atoms with Crippen molar-refractivity contribution in [2.75, 3.05) is 13.6 Å². The molecule has 1 aromatic heterocycles. The maximum atomic E-state index is 12.4.